The molecule has 0 bridgehead atoms. The van der Waals surface area contributed by atoms with Crippen LogP contribution in [0.25, 0.3) is 11.0 Å². The lowest BCUT2D eigenvalue weighted by atomic mass is 10.3. The molecule has 0 atom stereocenters. The number of fused-ring (bicyclic) bond motifs is 1. The monoisotopic (exact) mass is 368 g/mol. The van der Waals surface area contributed by atoms with E-state index in [1.54, 1.807) is 6.33 Å². The molecule has 8 heteroatoms. The Morgan fingerprint density at radius 3 is 2.85 bits per heavy atom. The summed E-state index contributed by atoms with van der Waals surface area (Å²) in [6, 6.07) is 8.27. The average Bonchev–Trinajstić information content (AvgIpc) is 3.26. The molecule has 0 saturated carbocycles. The van der Waals surface area contributed by atoms with Crippen molar-refractivity contribution in [2.75, 3.05) is 13.1 Å². The van der Waals surface area contributed by atoms with Crippen LogP contribution in [0.2, 0.25) is 0 Å². The second-order valence-electron chi connectivity index (χ2n) is 6.31. The molecular formula is C19H28N8. The van der Waals surface area contributed by atoms with Crippen LogP contribution in [0.15, 0.2) is 35.6 Å². The van der Waals surface area contributed by atoms with Gasteiger partial charge in [-0.05, 0) is 39.3 Å². The van der Waals surface area contributed by atoms with Crippen LogP contribution in [0.3, 0.4) is 0 Å². The number of imidazole rings is 1. The van der Waals surface area contributed by atoms with E-state index in [1.807, 2.05) is 10.6 Å². The van der Waals surface area contributed by atoms with Gasteiger partial charge in [-0.15, -0.1) is 10.2 Å². The first-order valence-electron chi connectivity index (χ1n) is 9.53. The maximum Gasteiger partial charge on any atom is 0.191 e. The molecule has 3 rings (SSSR count). The smallest absolute Gasteiger partial charge is 0.191 e. The van der Waals surface area contributed by atoms with Crippen LogP contribution in [0, 0.1) is 6.92 Å². The van der Waals surface area contributed by atoms with Gasteiger partial charge < -0.3 is 19.8 Å². The summed E-state index contributed by atoms with van der Waals surface area (Å²) >= 11 is 0. The molecular weight excluding hydrogens is 340 g/mol. The number of nitrogens with zero attached hydrogens (tertiary/aromatic N) is 6. The summed E-state index contributed by atoms with van der Waals surface area (Å²) in [7, 11) is 0. The predicted molar refractivity (Wildman–Crippen MR) is 108 cm³/mol. The quantitative estimate of drug-likeness (QED) is 0.361. The summed E-state index contributed by atoms with van der Waals surface area (Å²) in [5, 5.41) is 14.8. The number of aromatic nitrogens is 5. The molecule has 0 amide bonds. The average molecular weight is 368 g/mol. The molecule has 2 aromatic heterocycles. The van der Waals surface area contributed by atoms with Crippen LogP contribution < -0.4 is 10.6 Å². The zero-order valence-electron chi connectivity index (χ0n) is 16.3. The topological polar surface area (TPSA) is 85.0 Å². The largest absolute Gasteiger partial charge is 0.357 e. The summed E-state index contributed by atoms with van der Waals surface area (Å²) in [5.74, 6) is 2.72. The minimum absolute atomic E-state index is 0.508. The van der Waals surface area contributed by atoms with E-state index in [0.29, 0.717) is 6.54 Å². The van der Waals surface area contributed by atoms with E-state index in [4.69, 9.17) is 0 Å². The summed E-state index contributed by atoms with van der Waals surface area (Å²) in [5.41, 5.74) is 2.24. The fourth-order valence-electron chi connectivity index (χ4n) is 3.08. The van der Waals surface area contributed by atoms with Gasteiger partial charge in [0.1, 0.15) is 18.7 Å². The van der Waals surface area contributed by atoms with Crippen molar-refractivity contribution in [2.24, 2.45) is 4.99 Å². The Hall–Kier alpha value is -2.90. The molecule has 1 aromatic carbocycles. The number of aliphatic imine (C=N–C) groups is 1. The van der Waals surface area contributed by atoms with Crippen molar-refractivity contribution < 1.29 is 0 Å². The van der Waals surface area contributed by atoms with Gasteiger partial charge in [-0.25, -0.2) is 9.98 Å². The number of para-hydroxylation sites is 2. The summed E-state index contributed by atoms with van der Waals surface area (Å²) < 4.78 is 4.27. The zero-order valence-corrected chi connectivity index (χ0v) is 16.3. The third-order valence-corrected chi connectivity index (χ3v) is 4.46. The molecule has 0 radical (unpaired) electrons. The highest BCUT2D eigenvalue weighted by atomic mass is 15.3. The lowest BCUT2D eigenvalue weighted by molar-refractivity contribution is 0.623. The maximum absolute atomic E-state index is 4.62. The molecule has 0 unspecified atom stereocenters. The third-order valence-electron chi connectivity index (χ3n) is 4.46. The van der Waals surface area contributed by atoms with E-state index >= 15 is 0 Å². The van der Waals surface area contributed by atoms with Crippen LogP contribution in [0.5, 0.6) is 0 Å². The van der Waals surface area contributed by atoms with Gasteiger partial charge in [0.05, 0.1) is 11.0 Å². The highest BCUT2D eigenvalue weighted by Gasteiger charge is 2.06. The number of aryl methyl sites for hydroxylation is 3. The molecule has 3 aromatic rings. The summed E-state index contributed by atoms with van der Waals surface area (Å²) in [6.07, 6.45) is 2.72. The third kappa shape index (κ3) is 4.64. The van der Waals surface area contributed by atoms with Gasteiger partial charge in [-0.1, -0.05) is 12.1 Å². The minimum Gasteiger partial charge on any atom is -0.357 e. The van der Waals surface area contributed by atoms with E-state index < -0.39 is 0 Å². The van der Waals surface area contributed by atoms with E-state index in [2.05, 4.69) is 74.3 Å². The predicted octanol–water partition coefficient (Wildman–Crippen LogP) is 2.10. The molecule has 0 fully saturated rings. The first kappa shape index (κ1) is 18.9. The van der Waals surface area contributed by atoms with Gasteiger partial charge in [0.25, 0.3) is 0 Å². The van der Waals surface area contributed by atoms with Crippen molar-refractivity contribution in [3.63, 3.8) is 0 Å². The fraction of sp³-hybridized carbons (Fsp3) is 0.474. The number of nitrogens with one attached hydrogen (secondary N) is 2. The molecule has 0 aliphatic rings. The van der Waals surface area contributed by atoms with Gasteiger partial charge in [0.15, 0.2) is 11.8 Å². The first-order chi connectivity index (χ1) is 13.2. The van der Waals surface area contributed by atoms with Crippen molar-refractivity contribution in [2.45, 2.75) is 46.8 Å². The van der Waals surface area contributed by atoms with Gasteiger partial charge in [0, 0.05) is 26.2 Å². The van der Waals surface area contributed by atoms with E-state index in [9.17, 15) is 0 Å². The van der Waals surface area contributed by atoms with Gasteiger partial charge in [0.2, 0.25) is 0 Å². The number of hydrogen-bond acceptors (Lipinski definition) is 4. The van der Waals surface area contributed by atoms with Crippen molar-refractivity contribution in [1.29, 1.82) is 0 Å². The minimum atomic E-state index is 0.508. The molecule has 0 saturated heterocycles. The molecule has 0 spiro atoms. The maximum atomic E-state index is 4.62. The van der Waals surface area contributed by atoms with Crippen molar-refractivity contribution in [3.05, 3.63) is 42.2 Å². The summed E-state index contributed by atoms with van der Waals surface area (Å²) in [4.78, 5) is 9.24. The lowest BCUT2D eigenvalue weighted by Gasteiger charge is -2.12. The van der Waals surface area contributed by atoms with Crippen molar-refractivity contribution in [3.8, 4) is 0 Å². The van der Waals surface area contributed by atoms with Gasteiger partial charge >= 0.3 is 0 Å². The number of benzene rings is 1. The standard InChI is InChI=1S/C19H28N8/c1-4-20-19(22-13-18-25-23-14-26(18)5-2)21-11-8-12-27-15(3)24-16-9-6-7-10-17(16)27/h6-7,9-10,14H,4-5,8,11-13H2,1-3H3,(H2,20,21,22). The highest BCUT2D eigenvalue weighted by Crippen LogP contribution is 2.15. The SMILES string of the molecule is CCNC(=NCc1nncn1CC)NCCCn1c(C)nc2ccccc21. The summed E-state index contributed by atoms with van der Waals surface area (Å²) in [6.45, 7) is 10.1. The molecule has 8 nitrogen and oxygen atoms in total. The Kier molecular flexibility index (Phi) is 6.40. The number of rotatable bonds is 8. The van der Waals surface area contributed by atoms with E-state index in [0.717, 1.165) is 55.7 Å². The first-order valence-corrected chi connectivity index (χ1v) is 9.53. The van der Waals surface area contributed by atoms with Gasteiger partial charge in [-0.3, -0.25) is 0 Å². The van der Waals surface area contributed by atoms with Crippen LogP contribution in [-0.4, -0.2) is 43.4 Å². The Bertz CT molecular complexity index is 892. The highest BCUT2D eigenvalue weighted by molar-refractivity contribution is 5.79. The Morgan fingerprint density at radius 1 is 1.19 bits per heavy atom. The molecule has 2 N–H and O–H groups in total. The van der Waals surface area contributed by atoms with Crippen LogP contribution in [-0.2, 0) is 19.6 Å². The molecule has 2 heterocycles. The zero-order chi connectivity index (χ0) is 19.1. The van der Waals surface area contributed by atoms with E-state index in [1.165, 1.54) is 5.52 Å². The molecule has 27 heavy (non-hydrogen) atoms. The Labute approximate surface area is 159 Å². The second kappa shape index (κ2) is 9.16. The van der Waals surface area contributed by atoms with Crippen molar-refractivity contribution in [1.82, 2.24) is 34.9 Å². The molecule has 0 aliphatic heterocycles. The van der Waals surface area contributed by atoms with Crippen molar-refractivity contribution >= 4 is 17.0 Å². The van der Waals surface area contributed by atoms with Crippen LogP contribution in [0.4, 0.5) is 0 Å². The molecule has 0 aliphatic carbocycles. The fourth-order valence-corrected chi connectivity index (χ4v) is 3.08. The number of guanidine groups is 1. The molecule has 144 valence electrons. The lowest BCUT2D eigenvalue weighted by Crippen LogP contribution is -2.38. The second-order valence-corrected chi connectivity index (χ2v) is 6.31. The normalized spacial score (nSPS) is 11.9. The van der Waals surface area contributed by atoms with E-state index in [-0.39, 0.29) is 0 Å². The Morgan fingerprint density at radius 2 is 2.04 bits per heavy atom. The van der Waals surface area contributed by atoms with Crippen LogP contribution >= 0.6 is 0 Å². The van der Waals surface area contributed by atoms with Gasteiger partial charge in [-0.2, -0.15) is 0 Å². The van der Waals surface area contributed by atoms with Crippen LogP contribution in [0.1, 0.15) is 31.9 Å². The number of hydrogen-bond donors (Lipinski definition) is 2. The Balaban J connectivity index is 1.55.